The lowest BCUT2D eigenvalue weighted by Crippen LogP contribution is -2.42. The van der Waals surface area contributed by atoms with Crippen LogP contribution in [0.25, 0.3) is 0 Å². The van der Waals surface area contributed by atoms with Gasteiger partial charge in [0.2, 0.25) is 5.91 Å². The van der Waals surface area contributed by atoms with Gasteiger partial charge in [-0.3, -0.25) is 14.5 Å². The zero-order valence-electron chi connectivity index (χ0n) is 15.4. The van der Waals surface area contributed by atoms with E-state index in [9.17, 15) is 14.4 Å². The van der Waals surface area contributed by atoms with Crippen LogP contribution in [0.3, 0.4) is 0 Å². The smallest absolute Gasteiger partial charge is 0.325 e. The first kappa shape index (κ1) is 18.8. The molecule has 3 heterocycles. The van der Waals surface area contributed by atoms with Gasteiger partial charge in [-0.15, -0.1) is 11.3 Å². The number of anilines is 1. The summed E-state index contributed by atoms with van der Waals surface area (Å²) in [6, 6.07) is 7.89. The van der Waals surface area contributed by atoms with Crippen LogP contribution in [0.5, 0.6) is 11.5 Å². The van der Waals surface area contributed by atoms with E-state index in [0.29, 0.717) is 40.8 Å². The standard InChI is InChI=1S/C19H16N4O5S/c1-19(12-2-3-13-14(8-12)28-6-5-27-13)17(25)23(18(26)22-19)10-15(24)21-16-11(9-20)4-7-29-16/h2-4,7-8H,5-6,10H2,1H3,(H,21,24)(H,22,26). The van der Waals surface area contributed by atoms with Gasteiger partial charge in [-0.25, -0.2) is 4.79 Å². The molecule has 148 valence electrons. The number of urea groups is 1. The van der Waals surface area contributed by atoms with Gasteiger partial charge in [-0.05, 0) is 36.1 Å². The minimum atomic E-state index is -1.34. The van der Waals surface area contributed by atoms with Crippen molar-refractivity contribution in [3.8, 4) is 17.6 Å². The fraction of sp³-hybridized carbons (Fsp3) is 0.263. The van der Waals surface area contributed by atoms with E-state index < -0.39 is 29.9 Å². The minimum Gasteiger partial charge on any atom is -0.486 e. The van der Waals surface area contributed by atoms with Crippen LogP contribution in [0.15, 0.2) is 29.6 Å². The number of nitriles is 1. The summed E-state index contributed by atoms with van der Waals surface area (Å²) in [5.41, 5.74) is -0.497. The van der Waals surface area contributed by atoms with Gasteiger partial charge in [0, 0.05) is 0 Å². The number of imide groups is 1. The van der Waals surface area contributed by atoms with E-state index in [4.69, 9.17) is 14.7 Å². The van der Waals surface area contributed by atoms with Crippen molar-refractivity contribution in [3.05, 3.63) is 40.8 Å². The van der Waals surface area contributed by atoms with Crippen LogP contribution >= 0.6 is 11.3 Å². The molecule has 10 heteroatoms. The number of ether oxygens (including phenoxy) is 2. The first-order chi connectivity index (χ1) is 13.9. The average Bonchev–Trinajstić information content (AvgIpc) is 3.25. The van der Waals surface area contributed by atoms with Gasteiger partial charge in [0.25, 0.3) is 5.91 Å². The topological polar surface area (TPSA) is 121 Å². The molecule has 2 aromatic rings. The second-order valence-electron chi connectivity index (χ2n) is 6.63. The van der Waals surface area contributed by atoms with Crippen molar-refractivity contribution < 1.29 is 23.9 Å². The molecule has 0 saturated carbocycles. The van der Waals surface area contributed by atoms with Crippen LogP contribution < -0.4 is 20.1 Å². The summed E-state index contributed by atoms with van der Waals surface area (Å²) in [7, 11) is 0. The van der Waals surface area contributed by atoms with Crippen molar-refractivity contribution in [1.29, 1.82) is 5.26 Å². The maximum absolute atomic E-state index is 13.0. The lowest BCUT2D eigenvalue weighted by molar-refractivity contribution is -0.133. The van der Waals surface area contributed by atoms with Gasteiger partial charge >= 0.3 is 6.03 Å². The molecule has 1 saturated heterocycles. The van der Waals surface area contributed by atoms with Crippen molar-refractivity contribution in [2.45, 2.75) is 12.5 Å². The van der Waals surface area contributed by atoms with E-state index in [1.54, 1.807) is 36.6 Å². The van der Waals surface area contributed by atoms with E-state index in [2.05, 4.69) is 10.6 Å². The number of nitrogens with zero attached hydrogens (tertiary/aromatic N) is 2. The quantitative estimate of drug-likeness (QED) is 0.739. The Labute approximate surface area is 169 Å². The Morgan fingerprint density at radius 2 is 2.07 bits per heavy atom. The van der Waals surface area contributed by atoms with E-state index in [1.165, 1.54) is 11.3 Å². The number of rotatable bonds is 4. The van der Waals surface area contributed by atoms with E-state index >= 15 is 0 Å². The molecular formula is C19H16N4O5S. The van der Waals surface area contributed by atoms with Crippen LogP contribution in [-0.4, -0.2) is 42.5 Å². The van der Waals surface area contributed by atoms with Crippen molar-refractivity contribution in [2.75, 3.05) is 25.1 Å². The van der Waals surface area contributed by atoms with E-state index in [0.717, 1.165) is 4.90 Å². The number of hydrogen-bond donors (Lipinski definition) is 2. The molecule has 1 aromatic heterocycles. The molecule has 1 fully saturated rings. The van der Waals surface area contributed by atoms with Crippen molar-refractivity contribution in [3.63, 3.8) is 0 Å². The zero-order valence-corrected chi connectivity index (χ0v) is 16.2. The average molecular weight is 412 g/mol. The molecular weight excluding hydrogens is 396 g/mol. The molecule has 1 aromatic carbocycles. The van der Waals surface area contributed by atoms with E-state index in [1.807, 2.05) is 6.07 Å². The Kier molecular flexibility index (Phi) is 4.60. The molecule has 9 nitrogen and oxygen atoms in total. The summed E-state index contributed by atoms with van der Waals surface area (Å²) in [6.07, 6.45) is 0. The third kappa shape index (κ3) is 3.25. The summed E-state index contributed by atoms with van der Waals surface area (Å²) < 4.78 is 11.0. The monoisotopic (exact) mass is 412 g/mol. The summed E-state index contributed by atoms with van der Waals surface area (Å²) in [5, 5.41) is 16.3. The lowest BCUT2D eigenvalue weighted by atomic mass is 9.91. The highest BCUT2D eigenvalue weighted by atomic mass is 32.1. The first-order valence-electron chi connectivity index (χ1n) is 8.74. The molecule has 0 bridgehead atoms. The Balaban J connectivity index is 1.52. The van der Waals surface area contributed by atoms with Crippen molar-refractivity contribution >= 4 is 34.2 Å². The predicted molar refractivity (Wildman–Crippen MR) is 103 cm³/mol. The molecule has 2 aliphatic rings. The second kappa shape index (κ2) is 7.10. The fourth-order valence-electron chi connectivity index (χ4n) is 3.19. The highest BCUT2D eigenvalue weighted by Gasteiger charge is 2.49. The molecule has 1 unspecified atom stereocenters. The largest absolute Gasteiger partial charge is 0.486 e. The molecule has 2 N–H and O–H groups in total. The molecule has 0 spiro atoms. The molecule has 1 atom stereocenters. The van der Waals surface area contributed by atoms with Gasteiger partial charge in [-0.1, -0.05) is 6.07 Å². The summed E-state index contributed by atoms with van der Waals surface area (Å²) in [6.45, 7) is 1.95. The number of carbonyl (C=O) groups is 3. The number of fused-ring (bicyclic) bond motifs is 1. The third-order valence-corrected chi connectivity index (χ3v) is 5.56. The zero-order chi connectivity index (χ0) is 20.6. The van der Waals surface area contributed by atoms with Gasteiger partial charge in [0.05, 0.1) is 5.56 Å². The third-order valence-electron chi connectivity index (χ3n) is 4.73. The van der Waals surface area contributed by atoms with Crippen LogP contribution in [0.2, 0.25) is 0 Å². The number of benzene rings is 1. The van der Waals surface area contributed by atoms with Gasteiger partial charge in [0.15, 0.2) is 11.5 Å². The fourth-order valence-corrected chi connectivity index (χ4v) is 3.95. The Bertz CT molecular complexity index is 1060. The van der Waals surface area contributed by atoms with Gasteiger partial charge in [0.1, 0.15) is 36.4 Å². The molecule has 0 aliphatic carbocycles. The van der Waals surface area contributed by atoms with Crippen LogP contribution in [0.4, 0.5) is 9.80 Å². The van der Waals surface area contributed by atoms with Crippen LogP contribution in [0.1, 0.15) is 18.1 Å². The lowest BCUT2D eigenvalue weighted by Gasteiger charge is -2.25. The maximum atomic E-state index is 13.0. The molecule has 4 rings (SSSR count). The van der Waals surface area contributed by atoms with Gasteiger partial charge in [-0.2, -0.15) is 5.26 Å². The Morgan fingerprint density at radius 3 is 2.83 bits per heavy atom. The number of carbonyl (C=O) groups excluding carboxylic acids is 3. The molecule has 0 radical (unpaired) electrons. The van der Waals surface area contributed by atoms with Crippen LogP contribution in [0, 0.1) is 11.3 Å². The highest BCUT2D eigenvalue weighted by Crippen LogP contribution is 2.36. The summed E-state index contributed by atoms with van der Waals surface area (Å²) in [5.74, 6) is -0.0596. The maximum Gasteiger partial charge on any atom is 0.325 e. The number of amides is 4. The number of hydrogen-bond acceptors (Lipinski definition) is 7. The molecule has 29 heavy (non-hydrogen) atoms. The highest BCUT2D eigenvalue weighted by molar-refractivity contribution is 7.14. The molecule has 4 amide bonds. The van der Waals surface area contributed by atoms with Crippen LogP contribution in [-0.2, 0) is 15.1 Å². The predicted octanol–water partition coefficient (Wildman–Crippen LogP) is 1.80. The minimum absolute atomic E-state index is 0.321. The molecule has 2 aliphatic heterocycles. The summed E-state index contributed by atoms with van der Waals surface area (Å²) >= 11 is 1.19. The normalized spacial score (nSPS) is 20.2. The van der Waals surface area contributed by atoms with E-state index in [-0.39, 0.29) is 0 Å². The Morgan fingerprint density at radius 1 is 1.31 bits per heavy atom. The second-order valence-corrected chi connectivity index (χ2v) is 7.54. The number of nitrogens with one attached hydrogen (secondary N) is 2. The van der Waals surface area contributed by atoms with Crippen molar-refractivity contribution in [2.24, 2.45) is 0 Å². The van der Waals surface area contributed by atoms with Crippen molar-refractivity contribution in [1.82, 2.24) is 10.2 Å². The summed E-state index contributed by atoms with van der Waals surface area (Å²) in [4.78, 5) is 38.6. The Hall–Kier alpha value is -3.58. The number of thiophene rings is 1. The first-order valence-corrected chi connectivity index (χ1v) is 9.62. The van der Waals surface area contributed by atoms with Gasteiger partial charge < -0.3 is 20.1 Å². The SMILES string of the molecule is CC1(c2ccc3c(c2)OCCO3)NC(=O)N(CC(=O)Nc2sccc2C#N)C1=O.